The number of hydrogen-bond donors (Lipinski definition) is 1. The summed E-state index contributed by atoms with van der Waals surface area (Å²) >= 11 is 0. The van der Waals surface area contributed by atoms with E-state index in [0.29, 0.717) is 6.07 Å². The molecule has 0 unspecified atom stereocenters. The number of halogens is 2. The van der Waals surface area contributed by atoms with Crippen molar-refractivity contribution < 1.29 is 13.6 Å². The first-order chi connectivity index (χ1) is 5.65. The fourth-order valence-corrected chi connectivity index (χ4v) is 0.769. The molecule has 0 atom stereocenters. The third kappa shape index (κ3) is 1.58. The first kappa shape index (κ1) is 8.64. The van der Waals surface area contributed by atoms with E-state index < -0.39 is 17.5 Å². The van der Waals surface area contributed by atoms with Gasteiger partial charge in [0, 0.05) is 13.1 Å². The normalized spacial score (nSPS) is 9.58. The van der Waals surface area contributed by atoms with Crippen LogP contribution in [0.2, 0.25) is 0 Å². The molecule has 4 heteroatoms. The predicted molar refractivity (Wildman–Crippen MR) is 39.2 cm³/mol. The van der Waals surface area contributed by atoms with E-state index in [4.69, 9.17) is 0 Å². The van der Waals surface area contributed by atoms with Gasteiger partial charge in [0.15, 0.2) is 0 Å². The van der Waals surface area contributed by atoms with Gasteiger partial charge in [0.25, 0.3) is 5.91 Å². The number of carbonyl (C=O) groups excluding carboxylic acids is 1. The van der Waals surface area contributed by atoms with E-state index in [1.807, 2.05) is 5.32 Å². The molecule has 12 heavy (non-hydrogen) atoms. The van der Waals surface area contributed by atoms with Crippen molar-refractivity contribution >= 4 is 5.91 Å². The minimum Gasteiger partial charge on any atom is -0.350 e. The van der Waals surface area contributed by atoms with E-state index >= 15 is 0 Å². The maximum absolute atomic E-state index is 12.8. The van der Waals surface area contributed by atoms with Gasteiger partial charge < -0.3 is 5.32 Å². The molecular weight excluding hydrogens is 164 g/mol. The summed E-state index contributed by atoms with van der Waals surface area (Å²) in [6.45, 7) is 0. The largest absolute Gasteiger partial charge is 0.350 e. The first-order valence-electron chi connectivity index (χ1n) is 3.17. The Kier molecular flexibility index (Phi) is 2.38. The van der Waals surface area contributed by atoms with Crippen LogP contribution >= 0.6 is 0 Å². The molecule has 1 N–H and O–H groups in total. The van der Waals surface area contributed by atoms with Crippen molar-refractivity contribution in [1.29, 1.82) is 0 Å². The molecule has 0 spiro atoms. The van der Waals surface area contributed by atoms with Gasteiger partial charge in [-0.25, -0.2) is 8.78 Å². The van der Waals surface area contributed by atoms with Crippen LogP contribution in [0, 0.1) is 18.7 Å². The highest BCUT2D eigenvalue weighted by Crippen LogP contribution is 2.08. The van der Waals surface area contributed by atoms with Gasteiger partial charge in [0.1, 0.15) is 11.6 Å². The van der Waals surface area contributed by atoms with E-state index in [0.717, 1.165) is 12.1 Å². The summed E-state index contributed by atoms with van der Waals surface area (Å²) < 4.78 is 25.1. The average molecular weight is 170 g/mol. The second-order valence-corrected chi connectivity index (χ2v) is 2.13. The fraction of sp³-hybridized carbons (Fsp3) is 0. The third-order valence-electron chi connectivity index (χ3n) is 1.34. The summed E-state index contributed by atoms with van der Waals surface area (Å²) in [5.74, 6) is -2.28. The molecule has 63 valence electrons. The molecule has 2 nitrogen and oxygen atoms in total. The minimum atomic E-state index is -0.892. The van der Waals surface area contributed by atoms with Crippen LogP contribution in [0.15, 0.2) is 18.2 Å². The predicted octanol–water partition coefficient (Wildman–Crippen LogP) is 1.49. The van der Waals surface area contributed by atoms with Gasteiger partial charge in [-0.05, 0) is 12.1 Å². The highest BCUT2D eigenvalue weighted by atomic mass is 19.1. The topological polar surface area (TPSA) is 29.1 Å². The van der Waals surface area contributed by atoms with Crippen LogP contribution in [0.4, 0.5) is 8.78 Å². The van der Waals surface area contributed by atoms with Gasteiger partial charge >= 0.3 is 0 Å². The van der Waals surface area contributed by atoms with Gasteiger partial charge in [-0.2, -0.15) is 0 Å². The maximum Gasteiger partial charge on any atom is 0.254 e. The highest BCUT2D eigenvalue weighted by molar-refractivity contribution is 5.94. The highest BCUT2D eigenvalue weighted by Gasteiger charge is 2.09. The lowest BCUT2D eigenvalue weighted by Crippen LogP contribution is -2.17. The number of nitrogens with one attached hydrogen (secondary N) is 1. The number of benzene rings is 1. The molecule has 0 saturated heterocycles. The average Bonchev–Trinajstić information content (AvgIpc) is 2.03. The van der Waals surface area contributed by atoms with Crippen LogP contribution in [0.1, 0.15) is 10.4 Å². The van der Waals surface area contributed by atoms with Crippen LogP contribution in [0.3, 0.4) is 0 Å². The Morgan fingerprint density at radius 1 is 1.42 bits per heavy atom. The summed E-state index contributed by atoms with van der Waals surface area (Å²) in [5, 5.41) is 1.99. The smallest absolute Gasteiger partial charge is 0.254 e. The molecule has 0 heterocycles. The van der Waals surface area contributed by atoms with E-state index in [1.54, 1.807) is 0 Å². The molecule has 1 radical (unpaired) electrons. The summed E-state index contributed by atoms with van der Waals surface area (Å²) in [7, 11) is 3.07. The van der Waals surface area contributed by atoms with Crippen molar-refractivity contribution in [3.05, 3.63) is 42.4 Å². The van der Waals surface area contributed by atoms with Crippen molar-refractivity contribution in [1.82, 2.24) is 5.32 Å². The zero-order valence-electron chi connectivity index (χ0n) is 6.10. The van der Waals surface area contributed by atoms with E-state index in [-0.39, 0.29) is 5.56 Å². The summed E-state index contributed by atoms with van der Waals surface area (Å²) in [6, 6.07) is 2.71. The molecule has 0 saturated carbocycles. The summed E-state index contributed by atoms with van der Waals surface area (Å²) in [4.78, 5) is 10.8. The van der Waals surface area contributed by atoms with Crippen LogP contribution in [0.5, 0.6) is 0 Å². The van der Waals surface area contributed by atoms with Gasteiger partial charge in [0.05, 0.1) is 5.56 Å². The van der Waals surface area contributed by atoms with Crippen molar-refractivity contribution in [3.8, 4) is 0 Å². The van der Waals surface area contributed by atoms with Gasteiger partial charge in [-0.15, -0.1) is 0 Å². The molecule has 1 rings (SSSR count). The van der Waals surface area contributed by atoms with E-state index in [2.05, 4.69) is 7.05 Å². The Morgan fingerprint density at radius 3 is 2.58 bits per heavy atom. The summed E-state index contributed by atoms with van der Waals surface area (Å²) in [5.41, 5.74) is -0.216. The summed E-state index contributed by atoms with van der Waals surface area (Å²) in [6.07, 6.45) is 0. The quantitative estimate of drug-likeness (QED) is 0.679. The zero-order chi connectivity index (χ0) is 9.14. The van der Waals surface area contributed by atoms with Gasteiger partial charge in [-0.1, -0.05) is 0 Å². The Labute approximate surface area is 68.2 Å². The SMILES string of the molecule is [CH2]NC(=O)c1ccc(F)cc1F. The number of hydrogen-bond acceptors (Lipinski definition) is 1. The first-order valence-corrected chi connectivity index (χ1v) is 3.17. The maximum atomic E-state index is 12.8. The van der Waals surface area contributed by atoms with Crippen LogP contribution in [-0.4, -0.2) is 5.91 Å². The molecule has 0 fully saturated rings. The number of amides is 1. The van der Waals surface area contributed by atoms with E-state index in [1.165, 1.54) is 0 Å². The minimum absolute atomic E-state index is 0.216. The van der Waals surface area contributed by atoms with Crippen molar-refractivity contribution in [2.24, 2.45) is 0 Å². The second kappa shape index (κ2) is 3.30. The number of rotatable bonds is 1. The van der Waals surface area contributed by atoms with Crippen molar-refractivity contribution in [2.75, 3.05) is 0 Å². The molecule has 1 aromatic rings. The second-order valence-electron chi connectivity index (χ2n) is 2.13. The number of carbonyl (C=O) groups is 1. The van der Waals surface area contributed by atoms with Crippen molar-refractivity contribution in [2.45, 2.75) is 0 Å². The zero-order valence-corrected chi connectivity index (χ0v) is 6.10. The Balaban J connectivity index is 3.09. The lowest BCUT2D eigenvalue weighted by molar-refractivity contribution is 0.0965. The molecule has 0 aliphatic rings. The van der Waals surface area contributed by atoms with Gasteiger partial charge in [0.2, 0.25) is 0 Å². The molecule has 1 amide bonds. The van der Waals surface area contributed by atoms with Crippen molar-refractivity contribution in [3.63, 3.8) is 0 Å². The lowest BCUT2D eigenvalue weighted by atomic mass is 10.2. The Hall–Kier alpha value is -1.45. The molecule has 0 aliphatic heterocycles. The molecule has 0 aromatic heterocycles. The molecule has 1 aromatic carbocycles. The third-order valence-corrected chi connectivity index (χ3v) is 1.34. The fourth-order valence-electron chi connectivity index (χ4n) is 0.769. The van der Waals surface area contributed by atoms with Crippen LogP contribution in [0.25, 0.3) is 0 Å². The Morgan fingerprint density at radius 2 is 2.08 bits per heavy atom. The van der Waals surface area contributed by atoms with Crippen LogP contribution in [-0.2, 0) is 0 Å². The van der Waals surface area contributed by atoms with Gasteiger partial charge in [-0.3, -0.25) is 4.79 Å². The lowest BCUT2D eigenvalue weighted by Gasteiger charge is -1.99. The standard InChI is InChI=1S/C8H6F2NO/c1-11-8(12)6-3-2-5(9)4-7(6)10/h2-4H,1H2,(H,11,12). The monoisotopic (exact) mass is 170 g/mol. The Bertz CT molecular complexity index is 312. The molecular formula is C8H6F2NO. The van der Waals surface area contributed by atoms with Crippen LogP contribution < -0.4 is 5.32 Å². The molecule has 0 aliphatic carbocycles. The van der Waals surface area contributed by atoms with E-state index in [9.17, 15) is 13.6 Å². The molecule has 0 bridgehead atoms.